The van der Waals surface area contributed by atoms with Crippen molar-refractivity contribution < 1.29 is 22.7 Å². The van der Waals surface area contributed by atoms with E-state index in [1.807, 2.05) is 6.92 Å². The summed E-state index contributed by atoms with van der Waals surface area (Å²) in [5.74, 6) is -0.825. The molecule has 1 aromatic carbocycles. The van der Waals surface area contributed by atoms with Crippen LogP contribution in [0.5, 0.6) is 0 Å². The lowest BCUT2D eigenvalue weighted by molar-refractivity contribution is 0.0512. The number of nitrogens with zero attached hydrogens (tertiary/aromatic N) is 2. The molecule has 0 bridgehead atoms. The third-order valence-corrected chi connectivity index (χ3v) is 7.67. The van der Waals surface area contributed by atoms with Crippen molar-refractivity contribution in [2.45, 2.75) is 58.0 Å². The summed E-state index contributed by atoms with van der Waals surface area (Å²) in [5, 5.41) is 0.437. The summed E-state index contributed by atoms with van der Waals surface area (Å²) in [6, 6.07) is 5.72. The Balaban J connectivity index is 1.97. The van der Waals surface area contributed by atoms with Gasteiger partial charge in [0.05, 0.1) is 18.0 Å². The van der Waals surface area contributed by atoms with Crippen molar-refractivity contribution in [3.8, 4) is 0 Å². The third kappa shape index (κ3) is 4.56. The van der Waals surface area contributed by atoms with Gasteiger partial charge in [-0.1, -0.05) is 11.6 Å². The van der Waals surface area contributed by atoms with Crippen LogP contribution in [0.2, 0.25) is 5.02 Å². The first-order chi connectivity index (χ1) is 14.6. The van der Waals surface area contributed by atoms with Crippen molar-refractivity contribution in [3.05, 3.63) is 51.8 Å². The summed E-state index contributed by atoms with van der Waals surface area (Å²) in [5.41, 5.74) is 1.86. The van der Waals surface area contributed by atoms with Gasteiger partial charge in [-0.25, -0.2) is 13.2 Å². The van der Waals surface area contributed by atoms with Gasteiger partial charge in [0.15, 0.2) is 5.78 Å². The molecule has 0 N–H and O–H groups in total. The average molecular weight is 467 g/mol. The number of hydrogen-bond donors (Lipinski definition) is 0. The van der Waals surface area contributed by atoms with Crippen molar-refractivity contribution in [2.24, 2.45) is 0 Å². The maximum atomic E-state index is 13.3. The second kappa shape index (κ2) is 9.14. The lowest BCUT2D eigenvalue weighted by atomic mass is 10.1. The van der Waals surface area contributed by atoms with Crippen LogP contribution in [0.3, 0.4) is 0 Å². The molecule has 0 aliphatic heterocycles. The number of carbonyl (C=O) groups excluding carboxylic acids is 2. The van der Waals surface area contributed by atoms with Gasteiger partial charge in [0.2, 0.25) is 10.0 Å². The summed E-state index contributed by atoms with van der Waals surface area (Å²) >= 11 is 5.89. The largest absolute Gasteiger partial charge is 0.461 e. The topological polar surface area (TPSA) is 85.7 Å². The Labute approximate surface area is 188 Å². The number of esters is 1. The van der Waals surface area contributed by atoms with E-state index in [1.165, 1.54) is 28.6 Å². The standard InChI is InChI=1S/C22H27ClN2O5S/c1-5-24-15(4)20(14(3)21(24)22(27)30-6-2)19(26)13-25(17-9-10-17)31(28,29)18-11-7-16(23)8-12-18/h7-8,11-12,17H,5-6,9-10,13H2,1-4H3. The number of halogens is 1. The molecular formula is C22H27ClN2O5S. The van der Waals surface area contributed by atoms with Crippen LogP contribution in [0.1, 0.15) is 58.8 Å². The number of rotatable bonds is 9. The van der Waals surface area contributed by atoms with Crippen LogP contribution in [-0.2, 0) is 21.3 Å². The minimum Gasteiger partial charge on any atom is -0.461 e. The summed E-state index contributed by atoms with van der Waals surface area (Å²) in [4.78, 5) is 25.9. The minimum absolute atomic E-state index is 0.100. The number of ketones is 1. The number of sulfonamides is 1. The van der Waals surface area contributed by atoms with Gasteiger partial charge >= 0.3 is 5.97 Å². The molecule has 7 nitrogen and oxygen atoms in total. The van der Waals surface area contributed by atoms with E-state index in [4.69, 9.17) is 16.3 Å². The molecule has 0 atom stereocenters. The maximum Gasteiger partial charge on any atom is 0.355 e. The zero-order valence-electron chi connectivity index (χ0n) is 18.1. The molecule has 0 unspecified atom stereocenters. The first kappa shape index (κ1) is 23.5. The number of benzene rings is 1. The molecule has 31 heavy (non-hydrogen) atoms. The predicted molar refractivity (Wildman–Crippen MR) is 118 cm³/mol. The van der Waals surface area contributed by atoms with Gasteiger partial charge in [0, 0.05) is 28.9 Å². The molecule has 1 heterocycles. The van der Waals surface area contributed by atoms with Crippen LogP contribution in [0.25, 0.3) is 0 Å². The molecule has 168 valence electrons. The fraction of sp³-hybridized carbons (Fsp3) is 0.455. The highest BCUT2D eigenvalue weighted by molar-refractivity contribution is 7.89. The van der Waals surface area contributed by atoms with E-state index in [9.17, 15) is 18.0 Å². The molecule has 1 saturated carbocycles. The molecule has 0 amide bonds. The minimum atomic E-state index is -3.86. The van der Waals surface area contributed by atoms with E-state index in [0.29, 0.717) is 46.9 Å². The summed E-state index contributed by atoms with van der Waals surface area (Å²) < 4.78 is 34.6. The van der Waals surface area contributed by atoms with Crippen LogP contribution >= 0.6 is 11.6 Å². The van der Waals surface area contributed by atoms with Crippen molar-refractivity contribution in [1.82, 2.24) is 8.87 Å². The summed E-state index contributed by atoms with van der Waals surface area (Å²) in [6.45, 7) is 7.50. The average Bonchev–Trinajstić information content (AvgIpc) is 3.51. The van der Waals surface area contributed by atoms with Crippen molar-refractivity contribution in [3.63, 3.8) is 0 Å². The van der Waals surface area contributed by atoms with Crippen molar-refractivity contribution in [1.29, 1.82) is 0 Å². The number of ether oxygens (including phenoxy) is 1. The Bertz CT molecular complexity index is 1100. The fourth-order valence-corrected chi connectivity index (χ4v) is 5.67. The van der Waals surface area contributed by atoms with Gasteiger partial charge in [-0.3, -0.25) is 4.79 Å². The van der Waals surface area contributed by atoms with E-state index < -0.39 is 16.0 Å². The normalized spacial score (nSPS) is 14.1. The highest BCUT2D eigenvalue weighted by atomic mass is 35.5. The highest BCUT2D eigenvalue weighted by Gasteiger charge is 2.40. The number of Topliss-reactive ketones (excluding diaryl/α,β-unsaturated/α-hetero) is 1. The molecular weight excluding hydrogens is 440 g/mol. The van der Waals surface area contributed by atoms with E-state index in [2.05, 4.69) is 0 Å². The van der Waals surface area contributed by atoms with Crippen LogP contribution in [0, 0.1) is 13.8 Å². The monoisotopic (exact) mass is 466 g/mol. The van der Waals surface area contributed by atoms with Gasteiger partial charge in [-0.2, -0.15) is 4.31 Å². The Morgan fingerprint density at radius 3 is 2.29 bits per heavy atom. The lowest BCUT2D eigenvalue weighted by Crippen LogP contribution is -2.37. The molecule has 0 spiro atoms. The molecule has 1 fully saturated rings. The number of carbonyl (C=O) groups is 2. The Kier molecular flexibility index (Phi) is 6.93. The van der Waals surface area contributed by atoms with E-state index >= 15 is 0 Å². The van der Waals surface area contributed by atoms with E-state index in [0.717, 1.165) is 0 Å². The zero-order chi connectivity index (χ0) is 22.9. The third-order valence-electron chi connectivity index (χ3n) is 5.50. The molecule has 2 aromatic rings. The molecule has 9 heteroatoms. The molecule has 1 aliphatic rings. The second-order valence-electron chi connectivity index (χ2n) is 7.56. The Hall–Kier alpha value is -2.16. The van der Waals surface area contributed by atoms with Crippen LogP contribution in [-0.4, -0.2) is 48.2 Å². The molecule has 3 rings (SSSR count). The van der Waals surface area contributed by atoms with Gasteiger partial charge in [0.1, 0.15) is 5.69 Å². The smallest absolute Gasteiger partial charge is 0.355 e. The van der Waals surface area contributed by atoms with Crippen LogP contribution in [0.15, 0.2) is 29.2 Å². The quantitative estimate of drug-likeness (QED) is 0.412. The molecule has 0 saturated heterocycles. The molecule has 1 aliphatic carbocycles. The van der Waals surface area contributed by atoms with Crippen LogP contribution in [0.4, 0.5) is 0 Å². The van der Waals surface area contributed by atoms with Gasteiger partial charge in [-0.05, 0) is 70.4 Å². The van der Waals surface area contributed by atoms with Gasteiger partial charge in [0.25, 0.3) is 0 Å². The van der Waals surface area contributed by atoms with Crippen LogP contribution < -0.4 is 0 Å². The van der Waals surface area contributed by atoms with Gasteiger partial charge < -0.3 is 9.30 Å². The lowest BCUT2D eigenvalue weighted by Gasteiger charge is -2.21. The first-order valence-electron chi connectivity index (χ1n) is 10.3. The number of aromatic nitrogens is 1. The van der Waals surface area contributed by atoms with Crippen molar-refractivity contribution >= 4 is 33.4 Å². The summed E-state index contributed by atoms with van der Waals surface area (Å²) in [6.07, 6.45) is 1.42. The number of hydrogen-bond acceptors (Lipinski definition) is 5. The Morgan fingerprint density at radius 1 is 1.16 bits per heavy atom. The van der Waals surface area contributed by atoms with E-state index in [-0.39, 0.29) is 29.9 Å². The fourth-order valence-electron chi connectivity index (χ4n) is 3.90. The Morgan fingerprint density at radius 2 is 1.77 bits per heavy atom. The maximum absolute atomic E-state index is 13.3. The molecule has 0 radical (unpaired) electrons. The molecule has 1 aromatic heterocycles. The summed E-state index contributed by atoms with van der Waals surface area (Å²) in [7, 11) is -3.86. The van der Waals surface area contributed by atoms with Crippen molar-refractivity contribution in [2.75, 3.05) is 13.2 Å². The first-order valence-corrected chi connectivity index (χ1v) is 12.1. The highest BCUT2D eigenvalue weighted by Crippen LogP contribution is 2.33. The van der Waals surface area contributed by atoms with E-state index in [1.54, 1.807) is 25.3 Å². The SMILES string of the molecule is CCOC(=O)c1c(C)c(C(=O)CN(C2CC2)S(=O)(=O)c2ccc(Cl)cc2)c(C)n1CC. The second-order valence-corrected chi connectivity index (χ2v) is 9.88. The predicted octanol–water partition coefficient (Wildman–Crippen LogP) is 3.99. The zero-order valence-corrected chi connectivity index (χ0v) is 19.7. The van der Waals surface area contributed by atoms with Gasteiger partial charge in [-0.15, -0.1) is 0 Å².